The van der Waals surface area contributed by atoms with Crippen molar-refractivity contribution < 1.29 is 32.2 Å². The Morgan fingerprint density at radius 1 is 0.943 bits per heavy atom. The van der Waals surface area contributed by atoms with Crippen molar-refractivity contribution in [1.29, 1.82) is 0 Å². The van der Waals surface area contributed by atoms with Gasteiger partial charge in [-0.05, 0) is 40.6 Å². The van der Waals surface area contributed by atoms with E-state index in [0.29, 0.717) is 26.3 Å². The third-order valence-corrected chi connectivity index (χ3v) is 5.68. The van der Waals surface area contributed by atoms with Gasteiger partial charge in [-0.3, -0.25) is 14.5 Å². The van der Waals surface area contributed by atoms with Gasteiger partial charge in [0.05, 0.1) is 19.3 Å². The lowest BCUT2D eigenvalue weighted by molar-refractivity contribution is -0.274. The SMILES string of the molecule is O=C(NC[C@@H](c1cccc2ccccc12)N1CCOCC1)C(=O)Nc1ccc(OC(F)(F)F)cc1. The number of hydrogen-bond donors (Lipinski definition) is 2. The number of halogens is 3. The van der Waals surface area contributed by atoms with Crippen molar-refractivity contribution in [1.82, 2.24) is 10.2 Å². The molecule has 0 aromatic heterocycles. The van der Waals surface area contributed by atoms with Gasteiger partial charge < -0.3 is 20.1 Å². The fourth-order valence-corrected chi connectivity index (χ4v) is 4.06. The van der Waals surface area contributed by atoms with Gasteiger partial charge in [0.15, 0.2) is 0 Å². The predicted octanol–water partition coefficient (Wildman–Crippen LogP) is 3.87. The van der Waals surface area contributed by atoms with Crippen molar-refractivity contribution in [3.05, 3.63) is 72.3 Å². The Morgan fingerprint density at radius 3 is 2.34 bits per heavy atom. The Bertz CT molecular complexity index is 1170. The zero-order chi connectivity index (χ0) is 24.8. The van der Waals surface area contributed by atoms with E-state index in [1.54, 1.807) is 0 Å². The summed E-state index contributed by atoms with van der Waals surface area (Å²) < 4.78 is 46.2. The van der Waals surface area contributed by atoms with Crippen LogP contribution >= 0.6 is 0 Å². The van der Waals surface area contributed by atoms with Crippen molar-refractivity contribution >= 4 is 28.3 Å². The molecule has 0 unspecified atom stereocenters. The minimum atomic E-state index is -4.81. The Balaban J connectivity index is 1.43. The Hall–Kier alpha value is -3.63. The molecule has 1 saturated heterocycles. The molecule has 0 saturated carbocycles. The zero-order valence-corrected chi connectivity index (χ0v) is 18.7. The lowest BCUT2D eigenvalue weighted by Crippen LogP contribution is -2.45. The van der Waals surface area contributed by atoms with Crippen molar-refractivity contribution in [2.75, 3.05) is 38.2 Å². The van der Waals surface area contributed by atoms with Crippen molar-refractivity contribution in [3.8, 4) is 5.75 Å². The molecule has 35 heavy (non-hydrogen) atoms. The molecule has 2 amide bonds. The molecule has 0 spiro atoms. The molecule has 2 N–H and O–H groups in total. The van der Waals surface area contributed by atoms with Crippen LogP contribution in [0.2, 0.25) is 0 Å². The van der Waals surface area contributed by atoms with Gasteiger partial charge in [0.1, 0.15) is 5.75 Å². The molecule has 1 atom stereocenters. The molecule has 10 heteroatoms. The number of carbonyl (C=O) groups excluding carboxylic acids is 2. The number of nitrogens with one attached hydrogen (secondary N) is 2. The summed E-state index contributed by atoms with van der Waals surface area (Å²) in [4.78, 5) is 27.2. The average molecular weight is 487 g/mol. The fourth-order valence-electron chi connectivity index (χ4n) is 4.06. The Labute approximate surface area is 199 Å². The van der Waals surface area contributed by atoms with Gasteiger partial charge in [-0.15, -0.1) is 13.2 Å². The molecule has 1 aliphatic rings. The number of anilines is 1. The number of benzene rings is 3. The van der Waals surface area contributed by atoms with Crippen LogP contribution in [0, 0.1) is 0 Å². The quantitative estimate of drug-likeness (QED) is 0.516. The van der Waals surface area contributed by atoms with Crippen molar-refractivity contribution in [3.63, 3.8) is 0 Å². The molecule has 1 heterocycles. The van der Waals surface area contributed by atoms with Crippen molar-refractivity contribution in [2.45, 2.75) is 12.4 Å². The molecule has 1 fully saturated rings. The van der Waals surface area contributed by atoms with Crippen LogP contribution in [0.3, 0.4) is 0 Å². The Kier molecular flexibility index (Phi) is 7.52. The number of rotatable bonds is 6. The van der Waals surface area contributed by atoms with E-state index >= 15 is 0 Å². The molecule has 3 aromatic carbocycles. The van der Waals surface area contributed by atoms with E-state index in [2.05, 4.69) is 20.3 Å². The number of alkyl halides is 3. The predicted molar refractivity (Wildman–Crippen MR) is 124 cm³/mol. The third-order valence-electron chi connectivity index (χ3n) is 5.68. The highest BCUT2D eigenvalue weighted by Crippen LogP contribution is 2.29. The van der Waals surface area contributed by atoms with Crippen LogP contribution in [-0.2, 0) is 14.3 Å². The monoisotopic (exact) mass is 487 g/mol. The molecule has 0 aliphatic carbocycles. The summed E-state index contributed by atoms with van der Waals surface area (Å²) in [7, 11) is 0. The smallest absolute Gasteiger partial charge is 0.406 e. The molecular weight excluding hydrogens is 463 g/mol. The van der Waals surface area contributed by atoms with Crippen LogP contribution in [0.25, 0.3) is 10.8 Å². The summed E-state index contributed by atoms with van der Waals surface area (Å²) in [5.41, 5.74) is 1.20. The van der Waals surface area contributed by atoms with Crippen molar-refractivity contribution in [2.24, 2.45) is 0 Å². The minimum Gasteiger partial charge on any atom is -0.406 e. The molecule has 0 bridgehead atoms. The molecular formula is C25H24F3N3O4. The zero-order valence-electron chi connectivity index (χ0n) is 18.7. The van der Waals surface area contributed by atoms with E-state index in [9.17, 15) is 22.8 Å². The standard InChI is InChI=1S/C25H24F3N3O4/c26-25(27,28)35-19-10-8-18(9-11-19)30-24(33)23(32)29-16-22(31-12-14-34-15-13-31)21-7-3-5-17-4-1-2-6-20(17)21/h1-11,22H,12-16H2,(H,29,32)(H,30,33)/t22-/m0/s1. The van der Waals surface area contributed by atoms with Crippen LogP contribution in [0.15, 0.2) is 66.7 Å². The first-order valence-electron chi connectivity index (χ1n) is 11.0. The first-order valence-corrected chi connectivity index (χ1v) is 11.0. The van der Waals surface area contributed by atoms with Crippen LogP contribution in [0.4, 0.5) is 18.9 Å². The van der Waals surface area contributed by atoms with Crippen LogP contribution in [0.1, 0.15) is 11.6 Å². The highest BCUT2D eigenvalue weighted by Gasteiger charge is 2.31. The normalized spacial score (nSPS) is 15.4. The molecule has 4 rings (SSSR count). The second-order valence-corrected chi connectivity index (χ2v) is 7.97. The maximum absolute atomic E-state index is 12.5. The van der Waals surface area contributed by atoms with Gasteiger partial charge in [-0.2, -0.15) is 0 Å². The summed E-state index contributed by atoms with van der Waals surface area (Å²) in [5.74, 6) is -2.20. The number of fused-ring (bicyclic) bond motifs is 1. The maximum atomic E-state index is 12.5. The highest BCUT2D eigenvalue weighted by atomic mass is 19.4. The van der Waals surface area contributed by atoms with E-state index < -0.39 is 23.9 Å². The third kappa shape index (κ3) is 6.49. The fraction of sp³-hybridized carbons (Fsp3) is 0.280. The van der Waals surface area contributed by atoms with Crippen LogP contribution < -0.4 is 15.4 Å². The Morgan fingerprint density at radius 2 is 1.63 bits per heavy atom. The summed E-state index contributed by atoms with van der Waals surface area (Å²) >= 11 is 0. The van der Waals surface area contributed by atoms with Gasteiger partial charge >= 0.3 is 18.2 Å². The van der Waals surface area contributed by atoms with Crippen LogP contribution in [-0.4, -0.2) is 55.9 Å². The molecule has 1 aliphatic heterocycles. The average Bonchev–Trinajstić information content (AvgIpc) is 2.85. The summed E-state index contributed by atoms with van der Waals surface area (Å²) in [6, 6.07) is 18.3. The minimum absolute atomic E-state index is 0.165. The largest absolute Gasteiger partial charge is 0.573 e. The topological polar surface area (TPSA) is 79.9 Å². The second kappa shape index (κ2) is 10.7. The number of hydrogen-bond acceptors (Lipinski definition) is 5. The number of morpholine rings is 1. The summed E-state index contributed by atoms with van der Waals surface area (Å²) in [6.07, 6.45) is -4.81. The molecule has 3 aromatic rings. The van der Waals surface area contributed by atoms with Gasteiger partial charge in [-0.1, -0.05) is 42.5 Å². The van der Waals surface area contributed by atoms with Gasteiger partial charge in [0.2, 0.25) is 0 Å². The molecule has 0 radical (unpaired) electrons. The number of amides is 2. The molecule has 7 nitrogen and oxygen atoms in total. The van der Waals surface area contributed by atoms with E-state index in [-0.39, 0.29) is 18.3 Å². The lowest BCUT2D eigenvalue weighted by atomic mass is 9.97. The van der Waals surface area contributed by atoms with Gasteiger partial charge in [-0.25, -0.2) is 0 Å². The van der Waals surface area contributed by atoms with Crippen LogP contribution in [0.5, 0.6) is 5.75 Å². The number of carbonyl (C=O) groups is 2. The van der Waals surface area contributed by atoms with E-state index in [0.717, 1.165) is 28.5 Å². The highest BCUT2D eigenvalue weighted by molar-refractivity contribution is 6.39. The molecule has 184 valence electrons. The summed E-state index contributed by atoms with van der Waals surface area (Å²) in [6.45, 7) is 2.71. The van der Waals surface area contributed by atoms with E-state index in [1.807, 2.05) is 42.5 Å². The number of ether oxygens (including phenoxy) is 2. The second-order valence-electron chi connectivity index (χ2n) is 7.97. The van der Waals surface area contributed by atoms with E-state index in [4.69, 9.17) is 4.74 Å². The van der Waals surface area contributed by atoms with Gasteiger partial charge in [0.25, 0.3) is 0 Å². The lowest BCUT2D eigenvalue weighted by Gasteiger charge is -2.35. The summed E-state index contributed by atoms with van der Waals surface area (Å²) in [5, 5.41) is 7.22. The maximum Gasteiger partial charge on any atom is 0.573 e. The first kappa shape index (κ1) is 24.5. The van der Waals surface area contributed by atoms with E-state index in [1.165, 1.54) is 12.1 Å². The van der Waals surface area contributed by atoms with Gasteiger partial charge in [0, 0.05) is 25.3 Å². The first-order chi connectivity index (χ1) is 16.8. The number of nitrogens with zero attached hydrogens (tertiary/aromatic N) is 1.